The fourth-order valence-corrected chi connectivity index (χ4v) is 3.68. The van der Waals surface area contributed by atoms with Crippen LogP contribution in [0.2, 0.25) is 0 Å². The van der Waals surface area contributed by atoms with Gasteiger partial charge in [0.15, 0.2) is 5.76 Å². The topological polar surface area (TPSA) is 42.2 Å². The van der Waals surface area contributed by atoms with E-state index in [1.807, 2.05) is 49.4 Å². The average Bonchev–Trinajstić information content (AvgIpc) is 3.01. The predicted molar refractivity (Wildman–Crippen MR) is 105 cm³/mol. The zero-order valence-corrected chi connectivity index (χ0v) is 15.4. The van der Waals surface area contributed by atoms with Gasteiger partial charge in [-0.2, -0.15) is 11.8 Å². The van der Waals surface area contributed by atoms with Gasteiger partial charge in [-0.1, -0.05) is 55.5 Å². The van der Waals surface area contributed by atoms with Crippen LogP contribution in [0.15, 0.2) is 59.0 Å². The lowest BCUT2D eigenvalue weighted by molar-refractivity contribution is 0.0912. The van der Waals surface area contributed by atoms with Crippen LogP contribution in [0.1, 0.15) is 41.9 Å². The summed E-state index contributed by atoms with van der Waals surface area (Å²) in [5, 5.41) is 4.04. The number of benzene rings is 2. The molecule has 0 aliphatic rings. The summed E-state index contributed by atoms with van der Waals surface area (Å²) in [6.07, 6.45) is 0.893. The number of fused-ring (bicyclic) bond motifs is 1. The summed E-state index contributed by atoms with van der Waals surface area (Å²) in [7, 11) is 0. The van der Waals surface area contributed by atoms with Crippen LogP contribution in [0.4, 0.5) is 0 Å². The number of nitrogens with one attached hydrogen (secondary N) is 1. The number of furan rings is 1. The highest BCUT2D eigenvalue weighted by molar-refractivity contribution is 7.97. The van der Waals surface area contributed by atoms with E-state index in [1.165, 1.54) is 5.56 Å². The third-order valence-corrected chi connectivity index (χ3v) is 5.28. The second-order valence-electron chi connectivity index (χ2n) is 6.17. The molecule has 25 heavy (non-hydrogen) atoms. The van der Waals surface area contributed by atoms with Crippen molar-refractivity contribution in [3.63, 3.8) is 0 Å². The summed E-state index contributed by atoms with van der Waals surface area (Å²) >= 11 is 1.80. The number of hydrogen-bond acceptors (Lipinski definition) is 3. The summed E-state index contributed by atoms with van der Waals surface area (Å²) in [6, 6.07) is 18.4. The lowest BCUT2D eigenvalue weighted by atomic mass is 10.1. The molecule has 0 radical (unpaired) electrons. The summed E-state index contributed by atoms with van der Waals surface area (Å²) in [4.78, 5) is 12.6. The van der Waals surface area contributed by atoms with Gasteiger partial charge in [-0.15, -0.1) is 0 Å². The highest BCUT2D eigenvalue weighted by Gasteiger charge is 2.21. The summed E-state index contributed by atoms with van der Waals surface area (Å²) < 4.78 is 5.88. The van der Waals surface area contributed by atoms with Crippen molar-refractivity contribution in [1.29, 1.82) is 0 Å². The Morgan fingerprint density at radius 1 is 1.08 bits per heavy atom. The van der Waals surface area contributed by atoms with E-state index >= 15 is 0 Å². The maximum atomic E-state index is 12.6. The van der Waals surface area contributed by atoms with Crippen LogP contribution in [0, 0.1) is 0 Å². The first-order valence-corrected chi connectivity index (χ1v) is 9.77. The number of thioether (sulfide) groups is 1. The second-order valence-corrected chi connectivity index (χ2v) is 7.15. The monoisotopic (exact) mass is 353 g/mol. The van der Waals surface area contributed by atoms with Crippen molar-refractivity contribution in [3.8, 4) is 0 Å². The van der Waals surface area contributed by atoms with E-state index in [9.17, 15) is 4.79 Å². The lowest BCUT2D eigenvalue weighted by Crippen LogP contribution is -2.32. The van der Waals surface area contributed by atoms with Gasteiger partial charge in [-0.05, 0) is 25.0 Å². The molecule has 130 valence electrons. The van der Waals surface area contributed by atoms with Gasteiger partial charge in [-0.25, -0.2) is 0 Å². The molecule has 3 nitrogen and oxygen atoms in total. The second kappa shape index (κ2) is 8.26. The molecule has 0 spiro atoms. The van der Waals surface area contributed by atoms with E-state index in [4.69, 9.17) is 4.42 Å². The number of amides is 1. The molecular formula is C21H23NO2S. The normalized spacial score (nSPS) is 12.2. The van der Waals surface area contributed by atoms with Crippen molar-refractivity contribution in [1.82, 2.24) is 5.32 Å². The molecule has 0 aliphatic heterocycles. The van der Waals surface area contributed by atoms with Gasteiger partial charge in [0.25, 0.3) is 5.91 Å². The molecule has 1 N–H and O–H groups in total. The van der Waals surface area contributed by atoms with Gasteiger partial charge < -0.3 is 9.73 Å². The molecule has 2 aromatic carbocycles. The minimum Gasteiger partial charge on any atom is -0.451 e. The van der Waals surface area contributed by atoms with Gasteiger partial charge in [-0.3, -0.25) is 4.79 Å². The molecule has 0 bridgehead atoms. The van der Waals surface area contributed by atoms with E-state index in [0.717, 1.165) is 34.5 Å². The molecule has 1 aromatic heterocycles. The summed E-state index contributed by atoms with van der Waals surface area (Å²) in [5.74, 6) is 1.98. The number of carbonyl (C=O) groups excluding carboxylic acids is 1. The van der Waals surface area contributed by atoms with Crippen molar-refractivity contribution >= 4 is 28.6 Å². The smallest absolute Gasteiger partial charge is 0.287 e. The van der Waals surface area contributed by atoms with Crippen molar-refractivity contribution < 1.29 is 9.21 Å². The molecule has 0 saturated heterocycles. The summed E-state index contributed by atoms with van der Waals surface area (Å²) in [6.45, 7) is 4.06. The molecule has 0 saturated carbocycles. The van der Waals surface area contributed by atoms with E-state index in [-0.39, 0.29) is 11.9 Å². The molecule has 3 aromatic rings. The Hall–Kier alpha value is -2.20. The largest absolute Gasteiger partial charge is 0.451 e. The van der Waals surface area contributed by atoms with Crippen LogP contribution in [0.25, 0.3) is 11.0 Å². The molecule has 3 rings (SSSR count). The van der Waals surface area contributed by atoms with E-state index in [0.29, 0.717) is 5.76 Å². The third kappa shape index (κ3) is 4.26. The minimum atomic E-state index is -0.124. The zero-order valence-electron chi connectivity index (χ0n) is 14.6. The van der Waals surface area contributed by atoms with Crippen molar-refractivity contribution in [2.75, 3.05) is 0 Å². The van der Waals surface area contributed by atoms with Gasteiger partial charge in [0.1, 0.15) is 5.58 Å². The van der Waals surface area contributed by atoms with Gasteiger partial charge in [0.05, 0.1) is 0 Å². The SMILES string of the molecule is CC[C@H](C)NC(=O)c1oc2ccccc2c1CSCc1ccccc1. The van der Waals surface area contributed by atoms with Crippen LogP contribution in [-0.4, -0.2) is 11.9 Å². The highest BCUT2D eigenvalue weighted by Crippen LogP contribution is 2.30. The standard InChI is InChI=1S/C21H23NO2S/c1-3-15(2)22-21(23)20-18(17-11-7-8-12-19(17)24-20)14-25-13-16-9-5-4-6-10-16/h4-12,15H,3,13-14H2,1-2H3,(H,22,23)/t15-/m0/s1. The number of hydrogen-bond donors (Lipinski definition) is 1. The zero-order chi connectivity index (χ0) is 17.6. The summed E-state index contributed by atoms with van der Waals surface area (Å²) in [5.41, 5.74) is 3.04. The van der Waals surface area contributed by atoms with Gasteiger partial charge in [0.2, 0.25) is 0 Å². The first-order valence-electron chi connectivity index (χ1n) is 8.62. The van der Waals surface area contributed by atoms with Crippen LogP contribution < -0.4 is 5.32 Å². The fraction of sp³-hybridized carbons (Fsp3) is 0.286. The van der Waals surface area contributed by atoms with E-state index < -0.39 is 0 Å². The average molecular weight is 353 g/mol. The minimum absolute atomic E-state index is 0.124. The Labute approximate surface area is 152 Å². The van der Waals surface area contributed by atoms with E-state index in [1.54, 1.807) is 11.8 Å². The molecule has 1 heterocycles. The van der Waals surface area contributed by atoms with Crippen molar-refractivity contribution in [2.45, 2.75) is 37.8 Å². The first kappa shape index (κ1) is 17.6. The number of para-hydroxylation sites is 1. The molecule has 0 aliphatic carbocycles. The molecular weight excluding hydrogens is 330 g/mol. The maximum Gasteiger partial charge on any atom is 0.287 e. The molecule has 0 fully saturated rings. The van der Waals surface area contributed by atoms with Gasteiger partial charge in [0, 0.05) is 28.5 Å². The Kier molecular flexibility index (Phi) is 5.82. The van der Waals surface area contributed by atoms with Crippen LogP contribution in [0.3, 0.4) is 0 Å². The Morgan fingerprint density at radius 2 is 1.80 bits per heavy atom. The van der Waals surface area contributed by atoms with Crippen molar-refractivity contribution in [2.24, 2.45) is 0 Å². The number of carbonyl (C=O) groups is 1. The van der Waals surface area contributed by atoms with Crippen LogP contribution >= 0.6 is 11.8 Å². The van der Waals surface area contributed by atoms with Crippen LogP contribution in [0.5, 0.6) is 0 Å². The predicted octanol–water partition coefficient (Wildman–Crippen LogP) is 5.39. The van der Waals surface area contributed by atoms with Crippen molar-refractivity contribution in [3.05, 3.63) is 71.5 Å². The fourth-order valence-electron chi connectivity index (χ4n) is 2.66. The number of rotatable bonds is 7. The Morgan fingerprint density at radius 3 is 2.56 bits per heavy atom. The quantitative estimate of drug-likeness (QED) is 0.619. The Bertz CT molecular complexity index is 841. The first-order chi connectivity index (χ1) is 12.2. The maximum absolute atomic E-state index is 12.6. The van der Waals surface area contributed by atoms with Gasteiger partial charge >= 0.3 is 0 Å². The molecule has 0 unspecified atom stereocenters. The van der Waals surface area contributed by atoms with Crippen LogP contribution in [-0.2, 0) is 11.5 Å². The highest BCUT2D eigenvalue weighted by atomic mass is 32.2. The van der Waals surface area contributed by atoms with E-state index in [2.05, 4.69) is 24.4 Å². The third-order valence-electron chi connectivity index (χ3n) is 4.25. The molecule has 1 amide bonds. The molecule has 1 atom stereocenters. The molecule has 4 heteroatoms. The Balaban J connectivity index is 1.81. The lowest BCUT2D eigenvalue weighted by Gasteiger charge is -2.11.